The van der Waals surface area contributed by atoms with Crippen molar-refractivity contribution in [2.24, 2.45) is 5.92 Å². The lowest BCUT2D eigenvalue weighted by Crippen LogP contribution is -2.41. The number of aliphatic hydroxyl groups excluding tert-OH is 1. The summed E-state index contributed by atoms with van der Waals surface area (Å²) in [5.41, 5.74) is 1.55. The van der Waals surface area contributed by atoms with E-state index >= 15 is 0 Å². The molecular formula is C16H24N2O2. The Morgan fingerprint density at radius 2 is 2.15 bits per heavy atom. The molecule has 1 saturated heterocycles. The van der Waals surface area contributed by atoms with Crippen molar-refractivity contribution < 1.29 is 9.90 Å². The lowest BCUT2D eigenvalue weighted by molar-refractivity contribution is 0.192. The Hall–Kier alpha value is -1.55. The first-order chi connectivity index (χ1) is 9.49. The van der Waals surface area contributed by atoms with Gasteiger partial charge in [-0.3, -0.25) is 0 Å². The average molecular weight is 276 g/mol. The zero-order chi connectivity index (χ0) is 14.7. The maximum absolute atomic E-state index is 12.4. The van der Waals surface area contributed by atoms with Gasteiger partial charge in [-0.2, -0.15) is 0 Å². The molecule has 20 heavy (non-hydrogen) atoms. The van der Waals surface area contributed by atoms with Crippen LogP contribution in [0.25, 0.3) is 0 Å². The molecule has 110 valence electrons. The van der Waals surface area contributed by atoms with Gasteiger partial charge in [0, 0.05) is 18.3 Å². The molecule has 0 aliphatic carbocycles. The molecule has 1 aromatic rings. The van der Waals surface area contributed by atoms with Crippen LogP contribution in [0.3, 0.4) is 0 Å². The van der Waals surface area contributed by atoms with Crippen LogP contribution in [0.5, 0.6) is 0 Å². The summed E-state index contributed by atoms with van der Waals surface area (Å²) < 4.78 is 0. The van der Waals surface area contributed by atoms with Gasteiger partial charge in [-0.05, 0) is 43.4 Å². The molecule has 0 aromatic heterocycles. The molecule has 2 rings (SSSR count). The number of hydrogen-bond acceptors (Lipinski definition) is 2. The van der Waals surface area contributed by atoms with E-state index in [2.05, 4.69) is 19.2 Å². The Bertz CT molecular complexity index is 471. The van der Waals surface area contributed by atoms with Gasteiger partial charge in [0.1, 0.15) is 0 Å². The summed E-state index contributed by atoms with van der Waals surface area (Å²) in [5, 5.41) is 12.5. The van der Waals surface area contributed by atoms with Gasteiger partial charge in [0.2, 0.25) is 0 Å². The number of hydrogen-bond donors (Lipinski definition) is 2. The minimum Gasteiger partial charge on any atom is -0.389 e. The Morgan fingerprint density at radius 1 is 1.40 bits per heavy atom. The minimum absolute atomic E-state index is 0.0380. The van der Waals surface area contributed by atoms with Crippen molar-refractivity contribution in [2.45, 2.75) is 45.8 Å². The molecule has 1 aromatic carbocycles. The van der Waals surface area contributed by atoms with Crippen molar-refractivity contribution >= 4 is 11.7 Å². The van der Waals surface area contributed by atoms with Crippen molar-refractivity contribution in [3.05, 3.63) is 29.8 Å². The molecule has 1 aliphatic heterocycles. The van der Waals surface area contributed by atoms with Gasteiger partial charge in [-0.25, -0.2) is 4.79 Å². The van der Waals surface area contributed by atoms with Gasteiger partial charge in [0.15, 0.2) is 0 Å². The number of carbonyl (C=O) groups excluding carboxylic acids is 1. The second-order valence-electron chi connectivity index (χ2n) is 5.88. The van der Waals surface area contributed by atoms with Gasteiger partial charge < -0.3 is 15.3 Å². The Balaban J connectivity index is 2.06. The van der Waals surface area contributed by atoms with Crippen LogP contribution in [-0.2, 0) is 0 Å². The molecule has 1 heterocycles. The summed E-state index contributed by atoms with van der Waals surface area (Å²) in [5.74, 6) is 0.479. The zero-order valence-electron chi connectivity index (χ0n) is 12.5. The second kappa shape index (κ2) is 6.27. The van der Waals surface area contributed by atoms with E-state index < -0.39 is 6.10 Å². The fraction of sp³-hybridized carbons (Fsp3) is 0.562. The quantitative estimate of drug-likeness (QED) is 0.889. The monoisotopic (exact) mass is 276 g/mol. The van der Waals surface area contributed by atoms with Crippen molar-refractivity contribution in [1.82, 2.24) is 4.90 Å². The summed E-state index contributed by atoms with van der Waals surface area (Å²) in [7, 11) is 0. The lowest BCUT2D eigenvalue weighted by atomic mass is 10.0. The van der Waals surface area contributed by atoms with E-state index in [1.165, 1.54) is 0 Å². The number of nitrogens with zero attached hydrogens (tertiary/aromatic N) is 1. The number of nitrogens with one attached hydrogen (secondary N) is 1. The molecule has 0 bridgehead atoms. The number of anilines is 1. The van der Waals surface area contributed by atoms with E-state index in [4.69, 9.17) is 0 Å². The highest BCUT2D eigenvalue weighted by Gasteiger charge is 2.30. The van der Waals surface area contributed by atoms with Crippen molar-refractivity contribution in [3.8, 4) is 0 Å². The highest BCUT2D eigenvalue weighted by atomic mass is 16.3. The molecule has 2 unspecified atom stereocenters. The van der Waals surface area contributed by atoms with E-state index in [0.29, 0.717) is 12.0 Å². The van der Waals surface area contributed by atoms with Gasteiger partial charge in [0.05, 0.1) is 6.10 Å². The van der Waals surface area contributed by atoms with Crippen molar-refractivity contribution in [3.63, 3.8) is 0 Å². The summed E-state index contributed by atoms with van der Waals surface area (Å²) in [6.07, 6.45) is 1.63. The van der Waals surface area contributed by atoms with Gasteiger partial charge in [-0.1, -0.05) is 26.0 Å². The van der Waals surface area contributed by atoms with E-state index in [-0.39, 0.29) is 6.03 Å². The zero-order valence-corrected chi connectivity index (χ0v) is 12.5. The van der Waals surface area contributed by atoms with E-state index in [0.717, 1.165) is 30.6 Å². The molecule has 2 N–H and O–H groups in total. The van der Waals surface area contributed by atoms with E-state index in [9.17, 15) is 9.90 Å². The number of rotatable bonds is 3. The highest BCUT2D eigenvalue weighted by molar-refractivity contribution is 5.89. The maximum atomic E-state index is 12.4. The number of benzene rings is 1. The van der Waals surface area contributed by atoms with Gasteiger partial charge in [0.25, 0.3) is 0 Å². The normalized spacial score (nSPS) is 20.2. The largest absolute Gasteiger partial charge is 0.389 e. The van der Waals surface area contributed by atoms with Crippen LogP contribution in [-0.4, -0.2) is 28.6 Å². The number of urea groups is 1. The van der Waals surface area contributed by atoms with Crippen LogP contribution in [0.2, 0.25) is 0 Å². The standard InChI is InChI=1S/C16H24N2O2/c1-11(2)15-8-5-9-18(15)16(20)17-14-7-4-6-13(10-14)12(3)19/h4,6-7,10-12,15,19H,5,8-9H2,1-3H3,(H,17,20). The SMILES string of the molecule is CC(O)c1cccc(NC(=O)N2CCCC2C(C)C)c1. The smallest absolute Gasteiger partial charge is 0.322 e. The summed E-state index contributed by atoms with van der Waals surface area (Å²) in [6.45, 7) is 6.86. The highest BCUT2D eigenvalue weighted by Crippen LogP contribution is 2.25. The first-order valence-electron chi connectivity index (χ1n) is 7.34. The van der Waals surface area contributed by atoms with Crippen LogP contribution < -0.4 is 5.32 Å². The third kappa shape index (κ3) is 3.31. The summed E-state index contributed by atoms with van der Waals surface area (Å²) in [6, 6.07) is 7.67. The maximum Gasteiger partial charge on any atom is 0.322 e. The van der Waals surface area contributed by atoms with Crippen molar-refractivity contribution in [2.75, 3.05) is 11.9 Å². The van der Waals surface area contributed by atoms with Gasteiger partial charge >= 0.3 is 6.03 Å². The molecule has 0 saturated carbocycles. The second-order valence-corrected chi connectivity index (χ2v) is 5.88. The number of carbonyl (C=O) groups is 1. The topological polar surface area (TPSA) is 52.6 Å². The van der Waals surface area contributed by atoms with Crippen LogP contribution >= 0.6 is 0 Å². The molecule has 2 amide bonds. The first-order valence-corrected chi connectivity index (χ1v) is 7.34. The molecular weight excluding hydrogens is 252 g/mol. The van der Waals surface area contributed by atoms with Crippen LogP contribution in [0.1, 0.15) is 45.3 Å². The molecule has 1 aliphatic rings. The van der Waals surface area contributed by atoms with Gasteiger partial charge in [-0.15, -0.1) is 0 Å². The van der Waals surface area contributed by atoms with Crippen LogP contribution in [0.15, 0.2) is 24.3 Å². The van der Waals surface area contributed by atoms with E-state index in [1.54, 1.807) is 6.92 Å². The lowest BCUT2D eigenvalue weighted by Gasteiger charge is -2.27. The molecule has 2 atom stereocenters. The third-order valence-corrected chi connectivity index (χ3v) is 3.95. The summed E-state index contributed by atoms with van der Waals surface area (Å²) in [4.78, 5) is 14.3. The Labute approximate surface area is 120 Å². The molecule has 1 fully saturated rings. The van der Waals surface area contributed by atoms with E-state index in [1.807, 2.05) is 29.2 Å². The van der Waals surface area contributed by atoms with Crippen LogP contribution in [0.4, 0.5) is 10.5 Å². The fourth-order valence-corrected chi connectivity index (χ4v) is 2.81. The summed E-state index contributed by atoms with van der Waals surface area (Å²) >= 11 is 0. The number of likely N-dealkylation sites (tertiary alicyclic amines) is 1. The molecule has 0 radical (unpaired) electrons. The Morgan fingerprint density at radius 3 is 2.80 bits per heavy atom. The predicted molar refractivity (Wildman–Crippen MR) is 80.7 cm³/mol. The molecule has 4 heteroatoms. The molecule has 0 spiro atoms. The predicted octanol–water partition coefficient (Wildman–Crippen LogP) is 3.39. The number of amides is 2. The Kier molecular flexibility index (Phi) is 4.65. The number of aliphatic hydroxyl groups is 1. The average Bonchev–Trinajstić information content (AvgIpc) is 2.88. The third-order valence-electron chi connectivity index (χ3n) is 3.95. The fourth-order valence-electron chi connectivity index (χ4n) is 2.81. The first kappa shape index (κ1) is 14.9. The van der Waals surface area contributed by atoms with Crippen molar-refractivity contribution in [1.29, 1.82) is 0 Å². The minimum atomic E-state index is -0.526. The molecule has 4 nitrogen and oxygen atoms in total. The van der Waals surface area contributed by atoms with Crippen LogP contribution in [0, 0.1) is 5.92 Å².